The number of amides is 2. The van der Waals surface area contributed by atoms with Gasteiger partial charge in [-0.3, -0.25) is 14.6 Å². The van der Waals surface area contributed by atoms with Crippen LogP contribution in [0, 0.1) is 0 Å². The van der Waals surface area contributed by atoms with Gasteiger partial charge in [0.1, 0.15) is 5.69 Å². The van der Waals surface area contributed by atoms with Gasteiger partial charge in [-0.2, -0.15) is 0 Å². The second kappa shape index (κ2) is 8.40. The lowest BCUT2D eigenvalue weighted by atomic mass is 10.0. The summed E-state index contributed by atoms with van der Waals surface area (Å²) in [6, 6.07) is 3.23. The Balaban J connectivity index is 1.50. The van der Waals surface area contributed by atoms with Crippen molar-refractivity contribution in [3.8, 4) is 0 Å². The SMILES string of the molecule is NC(=O)c1ncccc1C(=O)N1CCC(OCC2CCCCO2)CC1. The molecule has 0 aliphatic carbocycles. The van der Waals surface area contributed by atoms with E-state index in [4.69, 9.17) is 15.2 Å². The van der Waals surface area contributed by atoms with Gasteiger partial charge < -0.3 is 20.1 Å². The first-order valence-electron chi connectivity index (χ1n) is 8.92. The standard InChI is InChI=1S/C18H25N3O4/c19-17(22)16-15(5-3-8-20-16)18(23)21-9-6-13(7-10-21)25-12-14-4-1-2-11-24-14/h3,5,8,13-14H,1-2,4,6-7,9-12H2,(H2,19,22). The van der Waals surface area contributed by atoms with Gasteiger partial charge in [-0.25, -0.2) is 0 Å². The van der Waals surface area contributed by atoms with Crippen molar-refractivity contribution in [2.75, 3.05) is 26.3 Å². The zero-order valence-corrected chi connectivity index (χ0v) is 14.4. The molecular formula is C18H25N3O4. The van der Waals surface area contributed by atoms with Crippen molar-refractivity contribution >= 4 is 11.8 Å². The normalized spacial score (nSPS) is 21.9. The van der Waals surface area contributed by atoms with E-state index in [-0.39, 0.29) is 29.4 Å². The van der Waals surface area contributed by atoms with E-state index >= 15 is 0 Å². The number of ether oxygens (including phenoxy) is 2. The van der Waals surface area contributed by atoms with Crippen molar-refractivity contribution in [3.63, 3.8) is 0 Å². The number of piperidine rings is 1. The lowest BCUT2D eigenvalue weighted by Gasteiger charge is -2.33. The Labute approximate surface area is 147 Å². The van der Waals surface area contributed by atoms with Crippen molar-refractivity contribution in [1.29, 1.82) is 0 Å². The van der Waals surface area contributed by atoms with Gasteiger partial charge in [0.05, 0.1) is 24.4 Å². The molecule has 2 saturated heterocycles. The molecule has 1 unspecified atom stereocenters. The minimum absolute atomic E-state index is 0.0281. The van der Waals surface area contributed by atoms with Crippen molar-refractivity contribution in [2.45, 2.75) is 44.3 Å². The third-order valence-electron chi connectivity index (χ3n) is 4.79. The van der Waals surface area contributed by atoms with Crippen LogP contribution in [-0.4, -0.2) is 60.2 Å². The molecule has 1 aromatic heterocycles. The van der Waals surface area contributed by atoms with E-state index in [1.54, 1.807) is 17.0 Å². The molecule has 2 amide bonds. The Kier molecular flexibility index (Phi) is 5.99. The van der Waals surface area contributed by atoms with Gasteiger partial charge >= 0.3 is 0 Å². The monoisotopic (exact) mass is 347 g/mol. The molecule has 25 heavy (non-hydrogen) atoms. The summed E-state index contributed by atoms with van der Waals surface area (Å²) in [6.45, 7) is 2.66. The van der Waals surface area contributed by atoms with E-state index < -0.39 is 5.91 Å². The molecule has 7 nitrogen and oxygen atoms in total. The Bertz CT molecular complexity index is 608. The van der Waals surface area contributed by atoms with Gasteiger partial charge in [-0.15, -0.1) is 0 Å². The van der Waals surface area contributed by atoms with Crippen molar-refractivity contribution < 1.29 is 19.1 Å². The van der Waals surface area contributed by atoms with Crippen molar-refractivity contribution in [1.82, 2.24) is 9.88 Å². The first-order chi connectivity index (χ1) is 12.1. The number of carbonyl (C=O) groups is 2. The minimum atomic E-state index is -0.686. The molecule has 0 bridgehead atoms. The molecule has 0 spiro atoms. The fourth-order valence-corrected chi connectivity index (χ4v) is 3.35. The molecule has 136 valence electrons. The summed E-state index contributed by atoms with van der Waals surface area (Å²) < 4.78 is 11.7. The number of nitrogens with two attached hydrogens (primary N) is 1. The predicted octanol–water partition coefficient (Wildman–Crippen LogP) is 1.37. The van der Waals surface area contributed by atoms with E-state index in [9.17, 15) is 9.59 Å². The van der Waals surface area contributed by atoms with Crippen LogP contribution in [0.1, 0.15) is 53.0 Å². The molecular weight excluding hydrogens is 322 g/mol. The third kappa shape index (κ3) is 4.55. The Morgan fingerprint density at radius 3 is 2.76 bits per heavy atom. The van der Waals surface area contributed by atoms with E-state index in [0.29, 0.717) is 19.7 Å². The maximum atomic E-state index is 12.7. The van der Waals surface area contributed by atoms with Gasteiger partial charge in [0.25, 0.3) is 11.8 Å². The molecule has 3 heterocycles. The van der Waals surface area contributed by atoms with Gasteiger partial charge in [0.2, 0.25) is 0 Å². The number of hydrogen-bond donors (Lipinski definition) is 1. The van der Waals surface area contributed by atoms with Crippen LogP contribution in [0.4, 0.5) is 0 Å². The Morgan fingerprint density at radius 1 is 1.28 bits per heavy atom. The molecule has 2 aliphatic rings. The van der Waals surface area contributed by atoms with E-state index in [1.807, 2.05) is 0 Å². The average molecular weight is 347 g/mol. The molecule has 2 fully saturated rings. The molecule has 7 heteroatoms. The first kappa shape index (κ1) is 17.8. The second-order valence-corrected chi connectivity index (χ2v) is 6.58. The summed E-state index contributed by atoms with van der Waals surface area (Å²) in [7, 11) is 0. The number of hydrogen-bond acceptors (Lipinski definition) is 5. The van der Waals surface area contributed by atoms with E-state index in [0.717, 1.165) is 32.3 Å². The third-order valence-corrected chi connectivity index (χ3v) is 4.79. The average Bonchev–Trinajstić information content (AvgIpc) is 2.67. The maximum Gasteiger partial charge on any atom is 0.268 e. The quantitative estimate of drug-likeness (QED) is 0.868. The molecule has 3 rings (SSSR count). The number of aromatic nitrogens is 1. The highest BCUT2D eigenvalue weighted by Crippen LogP contribution is 2.19. The number of primary amides is 1. The number of nitrogens with zero attached hydrogens (tertiary/aromatic N) is 2. The highest BCUT2D eigenvalue weighted by molar-refractivity contribution is 6.05. The van der Waals surface area contributed by atoms with E-state index in [2.05, 4.69) is 4.98 Å². The topological polar surface area (TPSA) is 94.8 Å². The smallest absolute Gasteiger partial charge is 0.268 e. The summed E-state index contributed by atoms with van der Waals surface area (Å²) in [5.74, 6) is -0.884. The summed E-state index contributed by atoms with van der Waals surface area (Å²) in [6.07, 6.45) is 6.79. The molecule has 2 N–H and O–H groups in total. The summed E-state index contributed by atoms with van der Waals surface area (Å²) in [4.78, 5) is 29.8. The lowest BCUT2D eigenvalue weighted by molar-refractivity contribution is -0.0733. The molecule has 0 radical (unpaired) electrons. The molecule has 1 aromatic rings. The summed E-state index contributed by atoms with van der Waals surface area (Å²) in [5.41, 5.74) is 5.61. The van der Waals surface area contributed by atoms with Crippen molar-refractivity contribution in [3.05, 3.63) is 29.6 Å². The first-order valence-corrected chi connectivity index (χ1v) is 8.92. The maximum absolute atomic E-state index is 12.7. The van der Waals surface area contributed by atoms with E-state index in [1.165, 1.54) is 12.6 Å². The second-order valence-electron chi connectivity index (χ2n) is 6.58. The fourth-order valence-electron chi connectivity index (χ4n) is 3.35. The largest absolute Gasteiger partial charge is 0.376 e. The summed E-state index contributed by atoms with van der Waals surface area (Å²) in [5, 5.41) is 0. The van der Waals surface area contributed by atoms with Crippen LogP contribution in [0.15, 0.2) is 18.3 Å². The van der Waals surface area contributed by atoms with Gasteiger partial charge in [0, 0.05) is 25.9 Å². The zero-order valence-electron chi connectivity index (χ0n) is 14.4. The highest BCUT2D eigenvalue weighted by Gasteiger charge is 2.27. The van der Waals surface area contributed by atoms with Crippen LogP contribution in [0.3, 0.4) is 0 Å². The number of carbonyl (C=O) groups excluding carboxylic acids is 2. The Hall–Kier alpha value is -1.99. The van der Waals surface area contributed by atoms with Gasteiger partial charge in [-0.05, 0) is 44.2 Å². The van der Waals surface area contributed by atoms with Gasteiger partial charge in [-0.1, -0.05) is 0 Å². The number of pyridine rings is 1. The highest BCUT2D eigenvalue weighted by atomic mass is 16.5. The van der Waals surface area contributed by atoms with Crippen LogP contribution in [-0.2, 0) is 9.47 Å². The van der Waals surface area contributed by atoms with Crippen LogP contribution in [0.2, 0.25) is 0 Å². The van der Waals surface area contributed by atoms with Crippen LogP contribution < -0.4 is 5.73 Å². The molecule has 2 aliphatic heterocycles. The molecule has 0 saturated carbocycles. The fraction of sp³-hybridized carbons (Fsp3) is 0.611. The van der Waals surface area contributed by atoms with Crippen molar-refractivity contribution in [2.24, 2.45) is 5.73 Å². The van der Waals surface area contributed by atoms with Crippen LogP contribution >= 0.6 is 0 Å². The van der Waals surface area contributed by atoms with Gasteiger partial charge in [0.15, 0.2) is 0 Å². The molecule has 0 aromatic carbocycles. The van der Waals surface area contributed by atoms with Crippen LogP contribution in [0.5, 0.6) is 0 Å². The number of rotatable bonds is 5. The van der Waals surface area contributed by atoms with Crippen LogP contribution in [0.25, 0.3) is 0 Å². The summed E-state index contributed by atoms with van der Waals surface area (Å²) >= 11 is 0. The minimum Gasteiger partial charge on any atom is -0.376 e. The predicted molar refractivity (Wildman–Crippen MR) is 91.2 cm³/mol. The molecule has 1 atom stereocenters. The lowest BCUT2D eigenvalue weighted by Crippen LogP contribution is -2.42. The number of likely N-dealkylation sites (tertiary alicyclic amines) is 1. The Morgan fingerprint density at radius 2 is 2.08 bits per heavy atom. The zero-order chi connectivity index (χ0) is 17.6.